The second-order valence-corrected chi connectivity index (χ2v) is 5.92. The van der Waals surface area contributed by atoms with Crippen molar-refractivity contribution in [2.24, 2.45) is 0 Å². The van der Waals surface area contributed by atoms with Gasteiger partial charge in [0.1, 0.15) is 11.9 Å². The van der Waals surface area contributed by atoms with Crippen molar-refractivity contribution in [1.29, 1.82) is 0 Å². The van der Waals surface area contributed by atoms with Gasteiger partial charge in [-0.2, -0.15) is 0 Å². The molecule has 1 aliphatic rings. The number of nitrogens with one attached hydrogen (secondary N) is 1. The van der Waals surface area contributed by atoms with Crippen molar-refractivity contribution >= 4 is 17.2 Å². The number of aromatic amines is 1. The molecule has 3 rings (SSSR count). The lowest BCUT2D eigenvalue weighted by Gasteiger charge is -2.34. The number of H-pyrrole nitrogens is 1. The molecule has 0 radical (unpaired) electrons. The van der Waals surface area contributed by atoms with Gasteiger partial charge in [-0.05, 0) is 18.4 Å². The van der Waals surface area contributed by atoms with E-state index in [1.165, 1.54) is 0 Å². The quantitative estimate of drug-likeness (QED) is 0.940. The van der Waals surface area contributed by atoms with Crippen LogP contribution >= 0.6 is 11.3 Å². The maximum Gasteiger partial charge on any atom is 0.228 e. The van der Waals surface area contributed by atoms with Crippen LogP contribution in [0.1, 0.15) is 22.4 Å². The average Bonchev–Trinajstić information content (AvgIpc) is 3.10. The monoisotopic (exact) mass is 291 g/mol. The summed E-state index contributed by atoms with van der Waals surface area (Å²) >= 11 is 1.61. The van der Waals surface area contributed by atoms with Gasteiger partial charge >= 0.3 is 0 Å². The maximum absolute atomic E-state index is 12.5. The van der Waals surface area contributed by atoms with Crippen molar-refractivity contribution in [2.75, 3.05) is 19.8 Å². The summed E-state index contributed by atoms with van der Waals surface area (Å²) < 4.78 is 5.51. The summed E-state index contributed by atoms with van der Waals surface area (Å²) in [5.74, 6) is 0.941. The van der Waals surface area contributed by atoms with E-state index in [0.29, 0.717) is 26.2 Å². The van der Waals surface area contributed by atoms with E-state index in [1.807, 2.05) is 29.3 Å². The number of aryl methyl sites for hydroxylation is 1. The number of imidazole rings is 1. The van der Waals surface area contributed by atoms with Crippen LogP contribution < -0.4 is 0 Å². The van der Waals surface area contributed by atoms with Crippen molar-refractivity contribution in [3.05, 3.63) is 40.1 Å². The minimum absolute atomic E-state index is 0.107. The van der Waals surface area contributed by atoms with Gasteiger partial charge in [-0.1, -0.05) is 6.07 Å². The number of morpholine rings is 1. The van der Waals surface area contributed by atoms with Gasteiger partial charge in [0.2, 0.25) is 5.91 Å². The Balaban J connectivity index is 1.76. The van der Waals surface area contributed by atoms with Gasteiger partial charge in [0.05, 0.1) is 19.6 Å². The second-order valence-electron chi connectivity index (χ2n) is 4.89. The molecule has 2 aromatic heterocycles. The molecular weight excluding hydrogens is 274 g/mol. The van der Waals surface area contributed by atoms with Crippen molar-refractivity contribution in [1.82, 2.24) is 14.9 Å². The molecule has 1 N–H and O–H groups in total. The standard InChI is InChI=1S/C14H17N3O2S/c1-10-8-15-14(16-10)12-9-19-5-4-17(12)13(18)7-11-3-2-6-20-11/h2-3,6,8,12H,4-5,7,9H2,1H3,(H,15,16)/t12-/m1/s1. The van der Waals surface area contributed by atoms with E-state index >= 15 is 0 Å². The van der Waals surface area contributed by atoms with Crippen LogP contribution in [0.25, 0.3) is 0 Å². The molecule has 1 fully saturated rings. The van der Waals surface area contributed by atoms with Crippen LogP contribution in [-0.2, 0) is 16.0 Å². The zero-order valence-corrected chi connectivity index (χ0v) is 12.2. The SMILES string of the molecule is Cc1cnc([C@H]2COCCN2C(=O)Cc2cccs2)[nH]1. The van der Waals surface area contributed by atoms with Gasteiger partial charge in [0, 0.05) is 23.3 Å². The number of ether oxygens (including phenoxy) is 1. The molecular formula is C14H17N3O2S. The number of hydrogen-bond acceptors (Lipinski definition) is 4. The predicted octanol–water partition coefficient (Wildman–Crippen LogP) is 1.92. The Morgan fingerprint density at radius 2 is 2.55 bits per heavy atom. The van der Waals surface area contributed by atoms with E-state index in [1.54, 1.807) is 17.5 Å². The van der Waals surface area contributed by atoms with Gasteiger partial charge in [-0.25, -0.2) is 4.98 Å². The lowest BCUT2D eigenvalue weighted by atomic mass is 10.2. The Labute approximate surface area is 121 Å². The lowest BCUT2D eigenvalue weighted by molar-refractivity contribution is -0.139. The Morgan fingerprint density at radius 1 is 1.65 bits per heavy atom. The molecule has 2 aromatic rings. The largest absolute Gasteiger partial charge is 0.377 e. The summed E-state index contributed by atoms with van der Waals surface area (Å²) in [7, 11) is 0. The highest BCUT2D eigenvalue weighted by molar-refractivity contribution is 7.10. The Morgan fingerprint density at radius 3 is 3.25 bits per heavy atom. The summed E-state index contributed by atoms with van der Waals surface area (Å²) in [4.78, 5) is 23.0. The fourth-order valence-electron chi connectivity index (χ4n) is 2.39. The summed E-state index contributed by atoms with van der Waals surface area (Å²) in [6, 6.07) is 3.86. The third-order valence-corrected chi connectivity index (χ3v) is 4.27. The van der Waals surface area contributed by atoms with Crippen LogP contribution in [-0.4, -0.2) is 40.5 Å². The predicted molar refractivity (Wildman–Crippen MR) is 76.6 cm³/mol. The molecule has 0 bridgehead atoms. The number of aromatic nitrogens is 2. The van der Waals surface area contributed by atoms with E-state index in [4.69, 9.17) is 4.74 Å². The first-order valence-corrected chi connectivity index (χ1v) is 7.53. The van der Waals surface area contributed by atoms with Crippen LogP contribution in [0.15, 0.2) is 23.7 Å². The zero-order valence-electron chi connectivity index (χ0n) is 11.3. The fourth-order valence-corrected chi connectivity index (χ4v) is 3.09. The Bertz CT molecular complexity index is 579. The smallest absolute Gasteiger partial charge is 0.228 e. The third-order valence-electron chi connectivity index (χ3n) is 3.39. The summed E-state index contributed by atoms with van der Waals surface area (Å²) in [5, 5.41) is 2.00. The van der Waals surface area contributed by atoms with Crippen LogP contribution in [0.5, 0.6) is 0 Å². The molecule has 0 aromatic carbocycles. The van der Waals surface area contributed by atoms with Gasteiger partial charge < -0.3 is 14.6 Å². The van der Waals surface area contributed by atoms with E-state index in [9.17, 15) is 4.79 Å². The number of amides is 1. The van der Waals surface area contributed by atoms with Gasteiger partial charge in [-0.15, -0.1) is 11.3 Å². The van der Waals surface area contributed by atoms with Gasteiger partial charge in [0.25, 0.3) is 0 Å². The molecule has 0 spiro atoms. The first-order valence-electron chi connectivity index (χ1n) is 6.65. The summed E-state index contributed by atoms with van der Waals surface area (Å²) in [6.45, 7) is 3.67. The zero-order chi connectivity index (χ0) is 13.9. The van der Waals surface area contributed by atoms with E-state index < -0.39 is 0 Å². The third kappa shape index (κ3) is 2.76. The topological polar surface area (TPSA) is 58.2 Å². The Hall–Kier alpha value is -1.66. The normalized spacial score (nSPS) is 19.2. The molecule has 1 atom stereocenters. The van der Waals surface area contributed by atoms with Crippen molar-refractivity contribution in [2.45, 2.75) is 19.4 Å². The number of nitrogens with zero attached hydrogens (tertiary/aromatic N) is 2. The molecule has 0 aliphatic carbocycles. The number of rotatable bonds is 3. The van der Waals surface area contributed by atoms with E-state index in [2.05, 4.69) is 9.97 Å². The molecule has 1 saturated heterocycles. The fraction of sp³-hybridized carbons (Fsp3) is 0.429. The van der Waals surface area contributed by atoms with Crippen molar-refractivity contribution in [3.8, 4) is 0 Å². The number of carbonyl (C=O) groups excluding carboxylic acids is 1. The highest BCUT2D eigenvalue weighted by atomic mass is 32.1. The molecule has 106 valence electrons. The lowest BCUT2D eigenvalue weighted by Crippen LogP contribution is -2.44. The summed E-state index contributed by atoms with van der Waals surface area (Å²) in [5.41, 5.74) is 0.997. The molecule has 3 heterocycles. The van der Waals surface area contributed by atoms with Crippen molar-refractivity contribution in [3.63, 3.8) is 0 Å². The number of hydrogen-bond donors (Lipinski definition) is 1. The molecule has 20 heavy (non-hydrogen) atoms. The van der Waals surface area contributed by atoms with E-state index in [0.717, 1.165) is 16.4 Å². The first kappa shape index (κ1) is 13.3. The first-order chi connectivity index (χ1) is 9.74. The highest BCUT2D eigenvalue weighted by Gasteiger charge is 2.30. The molecule has 6 heteroatoms. The van der Waals surface area contributed by atoms with Crippen LogP contribution in [0.4, 0.5) is 0 Å². The number of thiophene rings is 1. The van der Waals surface area contributed by atoms with Crippen LogP contribution in [0.2, 0.25) is 0 Å². The molecule has 1 aliphatic heterocycles. The van der Waals surface area contributed by atoms with Crippen molar-refractivity contribution < 1.29 is 9.53 Å². The minimum Gasteiger partial charge on any atom is -0.377 e. The second kappa shape index (κ2) is 5.76. The van der Waals surface area contributed by atoms with Gasteiger partial charge in [-0.3, -0.25) is 4.79 Å². The number of carbonyl (C=O) groups is 1. The molecule has 0 saturated carbocycles. The Kier molecular flexibility index (Phi) is 3.84. The summed E-state index contributed by atoms with van der Waals surface area (Å²) in [6.07, 6.45) is 2.24. The van der Waals surface area contributed by atoms with Crippen LogP contribution in [0, 0.1) is 6.92 Å². The molecule has 0 unspecified atom stereocenters. The molecule has 5 nitrogen and oxygen atoms in total. The van der Waals surface area contributed by atoms with E-state index in [-0.39, 0.29) is 11.9 Å². The maximum atomic E-state index is 12.5. The highest BCUT2D eigenvalue weighted by Crippen LogP contribution is 2.23. The molecule has 1 amide bonds. The van der Waals surface area contributed by atoms with Gasteiger partial charge in [0.15, 0.2) is 0 Å². The van der Waals surface area contributed by atoms with Crippen LogP contribution in [0.3, 0.4) is 0 Å². The average molecular weight is 291 g/mol. The minimum atomic E-state index is -0.107.